The molecule has 1 aromatic carbocycles. The fourth-order valence-electron chi connectivity index (χ4n) is 3.37. The first-order valence-corrected chi connectivity index (χ1v) is 10.2. The number of carbonyl (C=O) groups is 3. The number of hydrogen-bond acceptors (Lipinski definition) is 4. The molecule has 3 amide bonds. The van der Waals surface area contributed by atoms with Crippen LogP contribution in [0.3, 0.4) is 0 Å². The monoisotopic (exact) mass is 416 g/mol. The fraction of sp³-hybridized carbons (Fsp3) is 0.429. The lowest BCUT2D eigenvalue weighted by Gasteiger charge is -2.16. The van der Waals surface area contributed by atoms with Crippen molar-refractivity contribution >= 4 is 29.3 Å². The number of rotatable bonds is 9. The van der Waals surface area contributed by atoms with Crippen LogP contribution in [0.5, 0.6) is 0 Å². The number of unbranched alkanes of at least 4 members (excludes halogenated alkanes) is 2. The Labute approximate surface area is 175 Å². The molecule has 0 atom stereocenters. The van der Waals surface area contributed by atoms with Crippen LogP contribution < -0.4 is 0 Å². The molecular formula is C21H25ClN4O3. The van der Waals surface area contributed by atoms with Crippen molar-refractivity contribution in [1.29, 1.82) is 0 Å². The van der Waals surface area contributed by atoms with Crippen molar-refractivity contribution in [2.24, 2.45) is 0 Å². The van der Waals surface area contributed by atoms with Gasteiger partial charge in [0.1, 0.15) is 5.69 Å². The van der Waals surface area contributed by atoms with Crippen LogP contribution in [-0.2, 0) is 17.9 Å². The second-order valence-corrected chi connectivity index (χ2v) is 7.55. The molecule has 1 aliphatic rings. The summed E-state index contributed by atoms with van der Waals surface area (Å²) in [5.41, 5.74) is 1.63. The van der Waals surface area contributed by atoms with E-state index in [9.17, 15) is 14.4 Å². The standard InChI is InChI=1S/C21H25ClN4O3/c1-3-25-13-17(22)18(23-25)14-24(2)19(27)11-5-4-8-12-26-20(28)15-9-6-7-10-16(15)21(26)29/h6-7,9-10,13H,3-5,8,11-12,14H2,1-2H3. The minimum atomic E-state index is -0.232. The van der Waals surface area contributed by atoms with Crippen LogP contribution in [0.25, 0.3) is 0 Å². The summed E-state index contributed by atoms with van der Waals surface area (Å²) >= 11 is 6.16. The zero-order valence-electron chi connectivity index (χ0n) is 16.7. The van der Waals surface area contributed by atoms with Crippen LogP contribution in [0, 0.1) is 0 Å². The normalized spacial score (nSPS) is 13.1. The predicted molar refractivity (Wildman–Crippen MR) is 110 cm³/mol. The molecule has 7 nitrogen and oxygen atoms in total. The van der Waals surface area contributed by atoms with Crippen molar-refractivity contribution in [3.8, 4) is 0 Å². The Hall–Kier alpha value is -2.67. The topological polar surface area (TPSA) is 75.5 Å². The first-order valence-electron chi connectivity index (χ1n) is 9.83. The number of imide groups is 1. The molecule has 0 bridgehead atoms. The van der Waals surface area contributed by atoms with Gasteiger partial charge in [0.2, 0.25) is 5.91 Å². The highest BCUT2D eigenvalue weighted by molar-refractivity contribution is 6.31. The number of carbonyl (C=O) groups excluding carboxylic acids is 3. The zero-order valence-corrected chi connectivity index (χ0v) is 17.5. The predicted octanol–water partition coefficient (Wildman–Crippen LogP) is 3.37. The average Bonchev–Trinajstić information content (AvgIpc) is 3.19. The molecule has 0 fully saturated rings. The van der Waals surface area contributed by atoms with Crippen molar-refractivity contribution < 1.29 is 14.4 Å². The molecule has 2 heterocycles. The summed E-state index contributed by atoms with van der Waals surface area (Å²) in [4.78, 5) is 39.9. The minimum Gasteiger partial charge on any atom is -0.340 e. The molecular weight excluding hydrogens is 392 g/mol. The van der Waals surface area contributed by atoms with E-state index in [2.05, 4.69) is 5.10 Å². The average molecular weight is 417 g/mol. The van der Waals surface area contributed by atoms with E-state index in [0.717, 1.165) is 13.0 Å². The molecule has 0 unspecified atom stereocenters. The fourth-order valence-corrected chi connectivity index (χ4v) is 3.59. The highest BCUT2D eigenvalue weighted by atomic mass is 35.5. The molecule has 0 saturated heterocycles. The maximum atomic E-state index is 12.3. The third-order valence-electron chi connectivity index (χ3n) is 5.07. The quantitative estimate of drug-likeness (QED) is 0.464. The summed E-state index contributed by atoms with van der Waals surface area (Å²) in [6, 6.07) is 6.88. The lowest BCUT2D eigenvalue weighted by atomic mass is 10.1. The molecule has 0 N–H and O–H groups in total. The van der Waals surface area contributed by atoms with Gasteiger partial charge >= 0.3 is 0 Å². The largest absolute Gasteiger partial charge is 0.340 e. The van der Waals surface area contributed by atoms with Crippen LogP contribution >= 0.6 is 11.6 Å². The summed E-state index contributed by atoms with van der Waals surface area (Å²) < 4.78 is 1.75. The second kappa shape index (κ2) is 9.22. The maximum absolute atomic E-state index is 12.3. The Morgan fingerprint density at radius 2 is 1.76 bits per heavy atom. The van der Waals surface area contributed by atoms with Gasteiger partial charge in [0.05, 0.1) is 22.7 Å². The molecule has 3 rings (SSSR count). The summed E-state index contributed by atoms with van der Waals surface area (Å²) in [7, 11) is 1.74. The maximum Gasteiger partial charge on any atom is 0.261 e. The van der Waals surface area contributed by atoms with Gasteiger partial charge in [-0.15, -0.1) is 0 Å². The van der Waals surface area contributed by atoms with Crippen LogP contribution in [0.15, 0.2) is 30.5 Å². The van der Waals surface area contributed by atoms with E-state index < -0.39 is 0 Å². The lowest BCUT2D eigenvalue weighted by molar-refractivity contribution is -0.130. The summed E-state index contributed by atoms with van der Waals surface area (Å²) in [6.45, 7) is 3.45. The van der Waals surface area contributed by atoms with Gasteiger partial charge in [-0.1, -0.05) is 30.2 Å². The first kappa shape index (κ1) is 21.0. The van der Waals surface area contributed by atoms with E-state index in [1.165, 1.54) is 4.90 Å². The van der Waals surface area contributed by atoms with Crippen LogP contribution in [0.1, 0.15) is 59.0 Å². The number of aryl methyl sites for hydroxylation is 1. The SMILES string of the molecule is CCn1cc(Cl)c(CN(C)C(=O)CCCCCN2C(=O)c3ccccc3C2=O)n1. The lowest BCUT2D eigenvalue weighted by Crippen LogP contribution is -2.30. The highest BCUT2D eigenvalue weighted by Crippen LogP contribution is 2.23. The van der Waals surface area contributed by atoms with Crippen molar-refractivity contribution in [2.75, 3.05) is 13.6 Å². The Bertz CT molecular complexity index is 889. The number of fused-ring (bicyclic) bond motifs is 1. The van der Waals surface area contributed by atoms with Gasteiger partial charge in [0.15, 0.2) is 0 Å². The Morgan fingerprint density at radius 1 is 1.10 bits per heavy atom. The number of benzene rings is 1. The van der Waals surface area contributed by atoms with Crippen molar-refractivity contribution in [3.63, 3.8) is 0 Å². The second-order valence-electron chi connectivity index (χ2n) is 7.15. The molecule has 0 radical (unpaired) electrons. The summed E-state index contributed by atoms with van der Waals surface area (Å²) in [5.74, 6) is -0.442. The number of nitrogens with zero attached hydrogens (tertiary/aromatic N) is 4. The minimum absolute atomic E-state index is 0.0212. The number of amides is 3. The highest BCUT2D eigenvalue weighted by Gasteiger charge is 2.34. The van der Waals surface area contributed by atoms with Crippen molar-refractivity contribution in [2.45, 2.75) is 45.7 Å². The van der Waals surface area contributed by atoms with Gasteiger partial charge < -0.3 is 4.90 Å². The number of hydrogen-bond donors (Lipinski definition) is 0. The molecule has 29 heavy (non-hydrogen) atoms. The Balaban J connectivity index is 1.39. The van der Waals surface area contributed by atoms with Gasteiger partial charge in [-0.25, -0.2) is 0 Å². The number of halogens is 1. The molecule has 0 saturated carbocycles. The van der Waals surface area contributed by atoms with Crippen molar-refractivity contribution in [1.82, 2.24) is 19.6 Å². The number of aromatic nitrogens is 2. The van der Waals surface area contributed by atoms with E-state index >= 15 is 0 Å². The molecule has 1 aliphatic heterocycles. The van der Waals surface area contributed by atoms with Crippen LogP contribution in [0.4, 0.5) is 0 Å². The molecule has 1 aromatic heterocycles. The molecule has 0 spiro atoms. The van der Waals surface area contributed by atoms with Gasteiger partial charge in [-0.3, -0.25) is 24.0 Å². The van der Waals surface area contributed by atoms with Crippen molar-refractivity contribution in [3.05, 3.63) is 52.3 Å². The summed E-state index contributed by atoms with van der Waals surface area (Å²) in [5, 5.41) is 4.92. The Morgan fingerprint density at radius 3 is 2.34 bits per heavy atom. The van der Waals surface area contributed by atoms with E-state index in [1.807, 2.05) is 6.92 Å². The third kappa shape index (κ3) is 4.67. The van der Waals surface area contributed by atoms with E-state index in [0.29, 0.717) is 54.2 Å². The van der Waals surface area contributed by atoms with Crippen LogP contribution in [0.2, 0.25) is 5.02 Å². The summed E-state index contributed by atoms with van der Waals surface area (Å²) in [6.07, 6.45) is 4.30. The molecule has 154 valence electrons. The van der Waals surface area contributed by atoms with E-state index in [-0.39, 0.29) is 17.7 Å². The van der Waals surface area contributed by atoms with E-state index in [4.69, 9.17) is 11.6 Å². The molecule has 0 aliphatic carbocycles. The zero-order chi connectivity index (χ0) is 21.0. The smallest absolute Gasteiger partial charge is 0.261 e. The third-order valence-corrected chi connectivity index (χ3v) is 5.39. The van der Waals surface area contributed by atoms with Gasteiger partial charge in [0.25, 0.3) is 11.8 Å². The van der Waals surface area contributed by atoms with Gasteiger partial charge in [-0.2, -0.15) is 5.10 Å². The molecule has 2 aromatic rings. The van der Waals surface area contributed by atoms with E-state index in [1.54, 1.807) is 47.1 Å². The van der Waals surface area contributed by atoms with Gasteiger partial charge in [-0.05, 0) is 31.9 Å². The van der Waals surface area contributed by atoms with Gasteiger partial charge in [0, 0.05) is 32.8 Å². The van der Waals surface area contributed by atoms with Crippen LogP contribution in [-0.4, -0.2) is 50.9 Å². The molecule has 8 heteroatoms. The Kier molecular flexibility index (Phi) is 6.69. The first-order chi connectivity index (χ1) is 13.9.